The van der Waals surface area contributed by atoms with E-state index in [1.54, 1.807) is 12.1 Å². The summed E-state index contributed by atoms with van der Waals surface area (Å²) in [4.78, 5) is 13.0. The molecule has 0 unspecified atom stereocenters. The van der Waals surface area contributed by atoms with Gasteiger partial charge in [0.25, 0.3) is 0 Å². The molecule has 0 radical (unpaired) electrons. The van der Waals surface area contributed by atoms with Gasteiger partial charge in [-0.3, -0.25) is 0 Å². The topological polar surface area (TPSA) is 78.8 Å². The third kappa shape index (κ3) is 3.96. The van der Waals surface area contributed by atoms with Crippen LogP contribution >= 0.6 is 12.6 Å². The molecule has 30 heavy (non-hydrogen) atoms. The summed E-state index contributed by atoms with van der Waals surface area (Å²) < 4.78 is 5.54. The summed E-state index contributed by atoms with van der Waals surface area (Å²) in [7, 11) is -1.59. The fourth-order valence-corrected chi connectivity index (χ4v) is 4.22. The molecule has 4 rings (SSSR count). The van der Waals surface area contributed by atoms with Crippen molar-refractivity contribution in [1.29, 1.82) is 0 Å². The first kappa shape index (κ1) is 20.5. The second kappa shape index (κ2) is 8.56. The van der Waals surface area contributed by atoms with Crippen molar-refractivity contribution in [2.24, 2.45) is 0 Å². The largest absolute Gasteiger partial charge is 0.488 e. The van der Waals surface area contributed by atoms with Gasteiger partial charge in [0.2, 0.25) is 0 Å². The van der Waals surface area contributed by atoms with Crippen LogP contribution in [0.5, 0.6) is 0 Å². The molecular formula is C23H22BNO4S. The predicted molar refractivity (Wildman–Crippen MR) is 120 cm³/mol. The predicted octanol–water partition coefficient (Wildman–Crippen LogP) is 3.00. The van der Waals surface area contributed by atoms with E-state index < -0.39 is 13.2 Å². The summed E-state index contributed by atoms with van der Waals surface area (Å²) in [6, 6.07) is 19.6. The molecule has 3 N–H and O–H groups in total. The molecule has 0 fully saturated rings. The summed E-state index contributed by atoms with van der Waals surface area (Å²) in [5.74, 6) is 0.00166. The summed E-state index contributed by atoms with van der Waals surface area (Å²) in [6.45, 7) is 2.31. The first-order valence-electron chi connectivity index (χ1n) is 9.73. The van der Waals surface area contributed by atoms with Crippen molar-refractivity contribution in [2.45, 2.75) is 24.3 Å². The van der Waals surface area contributed by atoms with Crippen LogP contribution in [0.1, 0.15) is 28.2 Å². The van der Waals surface area contributed by atoms with Crippen molar-refractivity contribution < 1.29 is 19.6 Å². The molecule has 0 saturated heterocycles. The average molecular weight is 419 g/mol. The van der Waals surface area contributed by atoms with E-state index in [1.165, 1.54) is 11.1 Å². The standard InChI is InChI=1S/C23H22BNO4S/c1-14-15(10-16(24(27)28)11-22(14)30)12-25-23(26)29-13-21-19-8-4-2-6-17(19)18-7-3-5-9-20(18)21/h2-11,21,27-28,30H,12-13H2,1H3,(H,25,26). The summed E-state index contributed by atoms with van der Waals surface area (Å²) in [5, 5.41) is 21.6. The van der Waals surface area contributed by atoms with Crippen LogP contribution in [-0.4, -0.2) is 29.9 Å². The molecule has 0 saturated carbocycles. The first-order valence-corrected chi connectivity index (χ1v) is 10.2. The molecule has 1 aliphatic carbocycles. The van der Waals surface area contributed by atoms with Crippen molar-refractivity contribution in [3.05, 3.63) is 82.9 Å². The van der Waals surface area contributed by atoms with Crippen molar-refractivity contribution in [3.63, 3.8) is 0 Å². The number of benzene rings is 3. The molecule has 0 atom stereocenters. The van der Waals surface area contributed by atoms with Gasteiger partial charge in [0.1, 0.15) is 6.61 Å². The van der Waals surface area contributed by atoms with Crippen molar-refractivity contribution in [2.75, 3.05) is 6.61 Å². The monoisotopic (exact) mass is 419 g/mol. The Labute approximate surface area is 181 Å². The lowest BCUT2D eigenvalue weighted by Gasteiger charge is -2.16. The van der Waals surface area contributed by atoms with Crippen LogP contribution in [-0.2, 0) is 11.3 Å². The van der Waals surface area contributed by atoms with Crippen LogP contribution in [0.25, 0.3) is 11.1 Å². The number of nitrogens with one attached hydrogen (secondary N) is 1. The maximum Gasteiger partial charge on any atom is 0.488 e. The Bertz CT molecular complexity index is 1060. The number of carbonyl (C=O) groups excluding carboxylic acids is 1. The van der Waals surface area contributed by atoms with Gasteiger partial charge in [-0.1, -0.05) is 54.6 Å². The lowest BCUT2D eigenvalue weighted by molar-refractivity contribution is 0.142. The maximum atomic E-state index is 12.4. The minimum Gasteiger partial charge on any atom is -0.449 e. The highest BCUT2D eigenvalue weighted by Crippen LogP contribution is 2.44. The minimum absolute atomic E-state index is 0.00166. The molecule has 3 aromatic rings. The van der Waals surface area contributed by atoms with Gasteiger partial charge in [0, 0.05) is 17.4 Å². The van der Waals surface area contributed by atoms with E-state index in [1.807, 2.05) is 31.2 Å². The quantitative estimate of drug-likeness (QED) is 0.379. The second-order valence-electron chi connectivity index (χ2n) is 7.38. The van der Waals surface area contributed by atoms with E-state index in [0.717, 1.165) is 22.3 Å². The van der Waals surface area contributed by atoms with Crippen molar-refractivity contribution >= 4 is 31.3 Å². The second-order valence-corrected chi connectivity index (χ2v) is 7.86. The zero-order chi connectivity index (χ0) is 21.3. The van der Waals surface area contributed by atoms with Crippen LogP contribution < -0.4 is 10.8 Å². The van der Waals surface area contributed by atoms with Gasteiger partial charge in [-0.2, -0.15) is 0 Å². The van der Waals surface area contributed by atoms with Gasteiger partial charge < -0.3 is 20.1 Å². The highest BCUT2D eigenvalue weighted by atomic mass is 32.1. The number of hydrogen-bond donors (Lipinski definition) is 4. The zero-order valence-corrected chi connectivity index (χ0v) is 17.4. The Balaban J connectivity index is 1.43. The van der Waals surface area contributed by atoms with Gasteiger partial charge in [-0.15, -0.1) is 12.6 Å². The van der Waals surface area contributed by atoms with Gasteiger partial charge in [0.15, 0.2) is 0 Å². The van der Waals surface area contributed by atoms with Gasteiger partial charge >= 0.3 is 13.2 Å². The van der Waals surface area contributed by atoms with Crippen molar-refractivity contribution in [3.8, 4) is 11.1 Å². The molecule has 0 heterocycles. The highest BCUT2D eigenvalue weighted by Gasteiger charge is 2.29. The molecule has 1 aliphatic rings. The van der Waals surface area contributed by atoms with E-state index in [2.05, 4.69) is 42.2 Å². The molecule has 0 bridgehead atoms. The summed E-state index contributed by atoms with van der Waals surface area (Å²) >= 11 is 4.36. The number of rotatable bonds is 5. The zero-order valence-electron chi connectivity index (χ0n) is 16.5. The minimum atomic E-state index is -1.59. The molecular weight excluding hydrogens is 397 g/mol. The van der Waals surface area contributed by atoms with E-state index in [0.29, 0.717) is 10.4 Å². The lowest BCUT2D eigenvalue weighted by atomic mass is 9.79. The smallest absolute Gasteiger partial charge is 0.449 e. The van der Waals surface area contributed by atoms with Gasteiger partial charge in [-0.25, -0.2) is 4.79 Å². The summed E-state index contributed by atoms with van der Waals surface area (Å²) in [5.41, 5.74) is 6.62. The van der Waals surface area contributed by atoms with Crippen LogP contribution in [0.15, 0.2) is 65.6 Å². The molecule has 1 amide bonds. The van der Waals surface area contributed by atoms with E-state index >= 15 is 0 Å². The Hall–Kier alpha value is -2.74. The van der Waals surface area contributed by atoms with Crippen LogP contribution in [0.3, 0.4) is 0 Å². The molecule has 0 spiro atoms. The van der Waals surface area contributed by atoms with Crippen LogP contribution in [0, 0.1) is 6.92 Å². The number of thiol groups is 1. The number of amides is 1. The Morgan fingerprint density at radius 1 is 1.07 bits per heavy atom. The Kier molecular flexibility index (Phi) is 5.86. The molecule has 0 aliphatic heterocycles. The number of ether oxygens (including phenoxy) is 1. The highest BCUT2D eigenvalue weighted by molar-refractivity contribution is 7.80. The summed E-state index contributed by atoms with van der Waals surface area (Å²) in [6.07, 6.45) is -0.521. The number of alkyl carbamates (subject to hydrolysis) is 1. The number of fused-ring (bicyclic) bond motifs is 3. The van der Waals surface area contributed by atoms with E-state index in [9.17, 15) is 14.8 Å². The van der Waals surface area contributed by atoms with Gasteiger partial charge in [0.05, 0.1) is 0 Å². The van der Waals surface area contributed by atoms with Crippen molar-refractivity contribution in [1.82, 2.24) is 5.32 Å². The lowest BCUT2D eigenvalue weighted by Crippen LogP contribution is -2.32. The normalized spacial score (nSPS) is 12.3. The molecule has 7 heteroatoms. The molecule has 3 aromatic carbocycles. The van der Waals surface area contributed by atoms with E-state index in [4.69, 9.17) is 4.74 Å². The maximum absolute atomic E-state index is 12.4. The van der Waals surface area contributed by atoms with E-state index in [-0.39, 0.29) is 19.1 Å². The van der Waals surface area contributed by atoms with Crippen LogP contribution in [0.4, 0.5) is 4.79 Å². The first-order chi connectivity index (χ1) is 14.5. The SMILES string of the molecule is Cc1c(S)cc(B(O)O)cc1CNC(=O)OCC1c2ccccc2-c2ccccc21. The molecule has 5 nitrogen and oxygen atoms in total. The third-order valence-electron chi connectivity index (χ3n) is 5.58. The average Bonchev–Trinajstić information content (AvgIpc) is 3.07. The molecule has 152 valence electrons. The Morgan fingerprint density at radius 3 is 2.27 bits per heavy atom. The Morgan fingerprint density at radius 2 is 1.67 bits per heavy atom. The third-order valence-corrected chi connectivity index (χ3v) is 6.04. The fourth-order valence-electron chi connectivity index (χ4n) is 3.93. The number of carbonyl (C=O) groups is 1. The number of hydrogen-bond acceptors (Lipinski definition) is 5. The molecule has 0 aromatic heterocycles. The fraction of sp³-hybridized carbons (Fsp3) is 0.174. The van der Waals surface area contributed by atoms with Crippen LogP contribution in [0.2, 0.25) is 0 Å². The van der Waals surface area contributed by atoms with Gasteiger partial charge in [-0.05, 0) is 51.8 Å².